The van der Waals surface area contributed by atoms with Gasteiger partial charge in [0.25, 0.3) is 0 Å². The number of aromatic nitrogens is 1. The van der Waals surface area contributed by atoms with E-state index in [0.29, 0.717) is 23.0 Å². The summed E-state index contributed by atoms with van der Waals surface area (Å²) in [7, 11) is 0. The molecule has 29 heavy (non-hydrogen) atoms. The van der Waals surface area contributed by atoms with E-state index in [0.717, 1.165) is 0 Å². The van der Waals surface area contributed by atoms with Crippen LogP contribution in [0.5, 0.6) is 11.6 Å². The average Bonchev–Trinajstić information content (AvgIpc) is 2.71. The standard InChI is InChI=1S/C21H19FN4O3/c1-14(24-21(28)26-16-5-3-2-4-6-16)20(27)25-17-9-12-19(23-13-17)29-18-10-7-15(22)8-11-18/h2-14H,1H3,(H,25,27)(H2,24,26,28). The van der Waals surface area contributed by atoms with Gasteiger partial charge in [-0.15, -0.1) is 0 Å². The maximum Gasteiger partial charge on any atom is 0.319 e. The topological polar surface area (TPSA) is 92.4 Å². The molecular formula is C21H19FN4O3. The van der Waals surface area contributed by atoms with E-state index >= 15 is 0 Å². The number of anilines is 2. The maximum atomic E-state index is 12.9. The highest BCUT2D eigenvalue weighted by Crippen LogP contribution is 2.20. The smallest absolute Gasteiger partial charge is 0.319 e. The molecule has 1 aromatic heterocycles. The third-order valence-electron chi connectivity index (χ3n) is 3.81. The van der Waals surface area contributed by atoms with Crippen molar-refractivity contribution in [3.8, 4) is 11.6 Å². The first kappa shape index (κ1) is 19.8. The number of ether oxygens (including phenoxy) is 1. The normalized spacial score (nSPS) is 11.2. The van der Waals surface area contributed by atoms with E-state index in [1.165, 1.54) is 30.5 Å². The van der Waals surface area contributed by atoms with Gasteiger partial charge in [-0.1, -0.05) is 18.2 Å². The molecule has 8 heteroatoms. The Bertz CT molecular complexity index is 963. The van der Waals surface area contributed by atoms with Crippen LogP contribution in [0.25, 0.3) is 0 Å². The summed E-state index contributed by atoms with van der Waals surface area (Å²) in [6, 6.07) is 16.4. The third kappa shape index (κ3) is 6.03. The second-order valence-electron chi connectivity index (χ2n) is 6.12. The van der Waals surface area contributed by atoms with Crippen molar-refractivity contribution in [1.29, 1.82) is 0 Å². The van der Waals surface area contributed by atoms with Gasteiger partial charge in [-0.3, -0.25) is 4.79 Å². The number of nitrogens with one attached hydrogen (secondary N) is 3. The molecule has 0 saturated heterocycles. The number of nitrogens with zero attached hydrogens (tertiary/aromatic N) is 1. The van der Waals surface area contributed by atoms with Crippen LogP contribution < -0.4 is 20.7 Å². The van der Waals surface area contributed by atoms with Gasteiger partial charge in [-0.25, -0.2) is 14.2 Å². The Balaban J connectivity index is 1.50. The molecule has 1 unspecified atom stereocenters. The predicted molar refractivity (Wildman–Crippen MR) is 107 cm³/mol. The van der Waals surface area contributed by atoms with Crippen molar-refractivity contribution in [2.24, 2.45) is 0 Å². The lowest BCUT2D eigenvalue weighted by Crippen LogP contribution is -2.43. The number of rotatable bonds is 6. The molecule has 0 fully saturated rings. The molecule has 0 spiro atoms. The van der Waals surface area contributed by atoms with Crippen LogP contribution in [0.1, 0.15) is 6.92 Å². The first-order valence-corrected chi connectivity index (χ1v) is 8.82. The van der Waals surface area contributed by atoms with Gasteiger partial charge in [-0.05, 0) is 49.4 Å². The van der Waals surface area contributed by atoms with Crippen LogP contribution in [0.15, 0.2) is 72.9 Å². The molecule has 0 saturated carbocycles. The number of amides is 3. The molecule has 1 heterocycles. The summed E-state index contributed by atoms with van der Waals surface area (Å²) < 4.78 is 18.4. The molecule has 0 bridgehead atoms. The van der Waals surface area contributed by atoms with Crippen LogP contribution in [0.4, 0.5) is 20.6 Å². The number of carbonyl (C=O) groups excluding carboxylic acids is 2. The zero-order valence-corrected chi connectivity index (χ0v) is 15.6. The number of hydrogen-bond acceptors (Lipinski definition) is 4. The molecule has 0 aliphatic carbocycles. The van der Waals surface area contributed by atoms with E-state index in [2.05, 4.69) is 20.9 Å². The number of para-hydroxylation sites is 1. The van der Waals surface area contributed by atoms with Crippen LogP contribution in [-0.2, 0) is 4.79 Å². The van der Waals surface area contributed by atoms with Crippen molar-refractivity contribution < 1.29 is 18.7 Å². The number of carbonyl (C=O) groups is 2. The lowest BCUT2D eigenvalue weighted by atomic mass is 10.3. The molecule has 3 aromatic rings. The van der Waals surface area contributed by atoms with Crippen LogP contribution in [-0.4, -0.2) is 23.0 Å². The van der Waals surface area contributed by atoms with Gasteiger partial charge in [0.05, 0.1) is 11.9 Å². The number of hydrogen-bond donors (Lipinski definition) is 3. The SMILES string of the molecule is CC(NC(=O)Nc1ccccc1)C(=O)Nc1ccc(Oc2ccc(F)cc2)nc1. The summed E-state index contributed by atoms with van der Waals surface area (Å²) in [5, 5.41) is 7.86. The minimum absolute atomic E-state index is 0.294. The Morgan fingerprint density at radius 1 is 0.931 bits per heavy atom. The van der Waals surface area contributed by atoms with Gasteiger partial charge >= 0.3 is 6.03 Å². The first-order valence-electron chi connectivity index (χ1n) is 8.82. The van der Waals surface area contributed by atoms with Gasteiger partial charge in [0.15, 0.2) is 0 Å². The molecule has 3 amide bonds. The highest BCUT2D eigenvalue weighted by atomic mass is 19.1. The maximum absolute atomic E-state index is 12.9. The Kier molecular flexibility index (Phi) is 6.36. The molecule has 0 radical (unpaired) electrons. The van der Waals surface area contributed by atoms with E-state index < -0.39 is 18.0 Å². The summed E-state index contributed by atoms with van der Waals surface area (Å²) >= 11 is 0. The fourth-order valence-electron chi connectivity index (χ4n) is 2.34. The van der Waals surface area contributed by atoms with E-state index in [1.54, 1.807) is 43.3 Å². The van der Waals surface area contributed by atoms with E-state index in [4.69, 9.17) is 4.74 Å². The first-order chi connectivity index (χ1) is 14.0. The molecular weight excluding hydrogens is 375 g/mol. The minimum Gasteiger partial charge on any atom is -0.439 e. The van der Waals surface area contributed by atoms with Crippen molar-refractivity contribution in [3.05, 3.63) is 78.7 Å². The molecule has 148 valence electrons. The third-order valence-corrected chi connectivity index (χ3v) is 3.81. The van der Waals surface area contributed by atoms with Gasteiger partial charge in [0.1, 0.15) is 17.6 Å². The molecule has 0 aliphatic heterocycles. The Labute approximate surface area is 166 Å². The number of urea groups is 1. The van der Waals surface area contributed by atoms with E-state index in [-0.39, 0.29) is 5.82 Å². The van der Waals surface area contributed by atoms with Crippen LogP contribution >= 0.6 is 0 Å². The van der Waals surface area contributed by atoms with Crippen LogP contribution in [0, 0.1) is 5.82 Å². The van der Waals surface area contributed by atoms with Crippen LogP contribution in [0.2, 0.25) is 0 Å². The number of pyridine rings is 1. The van der Waals surface area contributed by atoms with Gasteiger partial charge in [0, 0.05) is 11.8 Å². The number of benzene rings is 2. The Morgan fingerprint density at radius 2 is 1.66 bits per heavy atom. The van der Waals surface area contributed by atoms with Gasteiger partial charge in [-0.2, -0.15) is 0 Å². The fraction of sp³-hybridized carbons (Fsp3) is 0.0952. The van der Waals surface area contributed by atoms with E-state index in [9.17, 15) is 14.0 Å². The monoisotopic (exact) mass is 394 g/mol. The molecule has 3 N–H and O–H groups in total. The van der Waals surface area contributed by atoms with Crippen molar-refractivity contribution in [2.45, 2.75) is 13.0 Å². The molecule has 0 aliphatic rings. The number of halogens is 1. The van der Waals surface area contributed by atoms with Crippen molar-refractivity contribution in [3.63, 3.8) is 0 Å². The van der Waals surface area contributed by atoms with Crippen molar-refractivity contribution in [2.75, 3.05) is 10.6 Å². The summed E-state index contributed by atoms with van der Waals surface area (Å²) in [6.45, 7) is 1.57. The summed E-state index contributed by atoms with van der Waals surface area (Å²) in [5.74, 6) is -0.0216. The van der Waals surface area contributed by atoms with Gasteiger partial charge in [0.2, 0.25) is 11.8 Å². The molecule has 1 atom stereocenters. The summed E-state index contributed by atoms with van der Waals surface area (Å²) in [6.07, 6.45) is 1.42. The zero-order valence-electron chi connectivity index (χ0n) is 15.6. The highest BCUT2D eigenvalue weighted by molar-refractivity contribution is 5.98. The Morgan fingerprint density at radius 3 is 2.31 bits per heavy atom. The molecule has 3 rings (SSSR count). The second kappa shape index (κ2) is 9.32. The molecule has 2 aromatic carbocycles. The van der Waals surface area contributed by atoms with Crippen molar-refractivity contribution >= 4 is 23.3 Å². The fourth-order valence-corrected chi connectivity index (χ4v) is 2.34. The predicted octanol–water partition coefficient (Wildman–Crippen LogP) is 4.16. The van der Waals surface area contributed by atoms with Crippen molar-refractivity contribution in [1.82, 2.24) is 10.3 Å². The highest BCUT2D eigenvalue weighted by Gasteiger charge is 2.16. The van der Waals surface area contributed by atoms with Gasteiger partial charge < -0.3 is 20.7 Å². The zero-order chi connectivity index (χ0) is 20.6. The van der Waals surface area contributed by atoms with Crippen LogP contribution in [0.3, 0.4) is 0 Å². The summed E-state index contributed by atoms with van der Waals surface area (Å²) in [4.78, 5) is 28.3. The quantitative estimate of drug-likeness (QED) is 0.585. The Hall–Kier alpha value is -3.94. The molecule has 7 nitrogen and oxygen atoms in total. The average molecular weight is 394 g/mol. The summed E-state index contributed by atoms with van der Waals surface area (Å²) in [5.41, 5.74) is 1.07. The largest absolute Gasteiger partial charge is 0.439 e. The van der Waals surface area contributed by atoms with E-state index in [1.807, 2.05) is 6.07 Å². The lowest BCUT2D eigenvalue weighted by Gasteiger charge is -2.15. The second-order valence-corrected chi connectivity index (χ2v) is 6.12. The lowest BCUT2D eigenvalue weighted by molar-refractivity contribution is -0.117. The minimum atomic E-state index is -0.770.